The molecular weight excluding hydrogens is 427 g/mol. The third-order valence-electron chi connectivity index (χ3n) is 4.10. The largest absolute Gasteiger partial charge is 0.457 e. The van der Waals surface area contributed by atoms with E-state index in [9.17, 15) is 4.79 Å². The zero-order chi connectivity index (χ0) is 20.8. The number of aryl methyl sites for hydroxylation is 1. The fraction of sp³-hybridized carbons (Fsp3) is 0.0909. The molecule has 1 heterocycles. The molecule has 0 aliphatic heterocycles. The van der Waals surface area contributed by atoms with Crippen LogP contribution in [0.5, 0.6) is 0 Å². The van der Waals surface area contributed by atoms with Gasteiger partial charge in [-0.05, 0) is 66.7 Å². The predicted molar refractivity (Wildman–Crippen MR) is 123 cm³/mol. The van der Waals surface area contributed by atoms with E-state index in [0.29, 0.717) is 27.1 Å². The molecule has 0 unspecified atom stereocenters. The molecule has 0 aliphatic carbocycles. The molecule has 7 heteroatoms. The molecular formula is C22H18Cl2N2O2S. The van der Waals surface area contributed by atoms with Crippen LogP contribution in [0.2, 0.25) is 10.0 Å². The van der Waals surface area contributed by atoms with Crippen LogP contribution in [-0.4, -0.2) is 11.0 Å². The molecule has 2 aromatic carbocycles. The summed E-state index contributed by atoms with van der Waals surface area (Å²) in [5.74, 6) is 0.692. The third-order valence-corrected chi connectivity index (χ3v) is 5.12. The SMILES string of the molecule is CCc1ccc(NC(=S)NC(=O)C=Cc2ccc(-c3cccc(Cl)c3Cl)o2)cc1. The standard InChI is InChI=1S/C22H18Cl2N2O2S/c1-2-14-6-8-15(9-7-14)25-22(29)26-20(27)13-11-16-10-12-19(28-16)17-4-3-5-18(23)21(17)24/h3-13H,2H2,1H3,(H2,25,26,27,29). The van der Waals surface area contributed by atoms with Gasteiger partial charge in [0.1, 0.15) is 11.5 Å². The first kappa shape index (κ1) is 21.1. The first-order valence-electron chi connectivity index (χ1n) is 8.89. The number of halogens is 2. The number of furan rings is 1. The lowest BCUT2D eigenvalue weighted by atomic mass is 10.1. The van der Waals surface area contributed by atoms with Crippen molar-refractivity contribution in [2.45, 2.75) is 13.3 Å². The Kier molecular flexibility index (Phi) is 7.09. The number of nitrogens with one attached hydrogen (secondary N) is 2. The Morgan fingerprint density at radius 3 is 2.59 bits per heavy atom. The first-order chi connectivity index (χ1) is 14.0. The average Bonchev–Trinajstić information content (AvgIpc) is 3.18. The summed E-state index contributed by atoms with van der Waals surface area (Å²) in [6, 6.07) is 16.7. The minimum absolute atomic E-state index is 0.217. The van der Waals surface area contributed by atoms with Crippen molar-refractivity contribution in [3.63, 3.8) is 0 Å². The number of thiocarbonyl (C=S) groups is 1. The van der Waals surface area contributed by atoms with Crippen LogP contribution in [0.15, 0.2) is 65.1 Å². The average molecular weight is 445 g/mol. The molecule has 0 fully saturated rings. The minimum atomic E-state index is -0.369. The van der Waals surface area contributed by atoms with E-state index in [4.69, 9.17) is 39.8 Å². The number of hydrogen-bond donors (Lipinski definition) is 2. The molecule has 2 N–H and O–H groups in total. The first-order valence-corrected chi connectivity index (χ1v) is 10.1. The Bertz CT molecular complexity index is 1060. The predicted octanol–water partition coefficient (Wildman–Crippen LogP) is 6.34. The van der Waals surface area contributed by atoms with Crippen LogP contribution < -0.4 is 10.6 Å². The monoisotopic (exact) mass is 444 g/mol. The van der Waals surface area contributed by atoms with E-state index in [0.717, 1.165) is 12.1 Å². The molecule has 0 radical (unpaired) electrons. The van der Waals surface area contributed by atoms with Crippen LogP contribution in [-0.2, 0) is 11.2 Å². The van der Waals surface area contributed by atoms with E-state index in [1.54, 1.807) is 30.3 Å². The van der Waals surface area contributed by atoms with Crippen molar-refractivity contribution >= 4 is 58.2 Å². The summed E-state index contributed by atoms with van der Waals surface area (Å²) in [6.45, 7) is 2.09. The van der Waals surface area contributed by atoms with Crippen LogP contribution in [0.25, 0.3) is 17.4 Å². The van der Waals surface area contributed by atoms with Gasteiger partial charge in [0.15, 0.2) is 5.11 Å². The molecule has 0 atom stereocenters. The maximum Gasteiger partial charge on any atom is 0.250 e. The highest BCUT2D eigenvalue weighted by atomic mass is 35.5. The zero-order valence-electron chi connectivity index (χ0n) is 15.5. The number of benzene rings is 2. The van der Waals surface area contributed by atoms with Crippen molar-refractivity contribution in [3.05, 3.63) is 82.0 Å². The normalized spacial score (nSPS) is 10.9. The van der Waals surface area contributed by atoms with Crippen LogP contribution in [0.3, 0.4) is 0 Å². The second-order valence-electron chi connectivity index (χ2n) is 6.13. The Morgan fingerprint density at radius 2 is 1.86 bits per heavy atom. The Hall–Kier alpha value is -2.60. The molecule has 1 aromatic heterocycles. The fourth-order valence-corrected chi connectivity index (χ4v) is 3.19. The second-order valence-corrected chi connectivity index (χ2v) is 7.32. The molecule has 148 valence electrons. The highest BCUT2D eigenvalue weighted by molar-refractivity contribution is 7.80. The van der Waals surface area contributed by atoms with Gasteiger partial charge in [0.2, 0.25) is 5.91 Å². The molecule has 3 rings (SSSR count). The highest BCUT2D eigenvalue weighted by Crippen LogP contribution is 2.34. The summed E-state index contributed by atoms with van der Waals surface area (Å²) in [4.78, 5) is 12.1. The molecule has 0 spiro atoms. The van der Waals surface area contributed by atoms with E-state index >= 15 is 0 Å². The molecule has 3 aromatic rings. The van der Waals surface area contributed by atoms with Crippen molar-refractivity contribution in [3.8, 4) is 11.3 Å². The number of carbonyl (C=O) groups is 1. The topological polar surface area (TPSA) is 54.3 Å². The van der Waals surface area contributed by atoms with Gasteiger partial charge in [-0.15, -0.1) is 0 Å². The van der Waals surface area contributed by atoms with Crippen molar-refractivity contribution in [1.82, 2.24) is 5.32 Å². The van der Waals surface area contributed by atoms with Crippen LogP contribution >= 0.6 is 35.4 Å². The summed E-state index contributed by atoms with van der Waals surface area (Å²) >= 11 is 17.4. The van der Waals surface area contributed by atoms with Gasteiger partial charge in [0.25, 0.3) is 0 Å². The molecule has 0 aliphatic rings. The molecule has 1 amide bonds. The molecule has 0 bridgehead atoms. The summed E-state index contributed by atoms with van der Waals surface area (Å²) in [5, 5.41) is 6.65. The van der Waals surface area contributed by atoms with Gasteiger partial charge in [-0.1, -0.05) is 48.3 Å². The number of hydrogen-bond acceptors (Lipinski definition) is 3. The van der Waals surface area contributed by atoms with Gasteiger partial charge in [-0.25, -0.2) is 0 Å². The van der Waals surface area contributed by atoms with Gasteiger partial charge in [-0.3, -0.25) is 10.1 Å². The minimum Gasteiger partial charge on any atom is -0.457 e. The number of anilines is 1. The van der Waals surface area contributed by atoms with Crippen LogP contribution in [0, 0.1) is 0 Å². The summed E-state index contributed by atoms with van der Waals surface area (Å²) in [6.07, 6.45) is 3.86. The number of carbonyl (C=O) groups excluding carboxylic acids is 1. The maximum atomic E-state index is 12.1. The van der Waals surface area contributed by atoms with Crippen LogP contribution in [0.4, 0.5) is 5.69 Å². The van der Waals surface area contributed by atoms with Crippen molar-refractivity contribution in [2.75, 3.05) is 5.32 Å². The lowest BCUT2D eigenvalue weighted by molar-refractivity contribution is -0.115. The number of rotatable bonds is 5. The van der Waals surface area contributed by atoms with E-state index in [2.05, 4.69) is 17.6 Å². The van der Waals surface area contributed by atoms with Crippen molar-refractivity contribution < 1.29 is 9.21 Å². The van der Waals surface area contributed by atoms with Crippen molar-refractivity contribution in [2.24, 2.45) is 0 Å². The Morgan fingerprint density at radius 1 is 1.10 bits per heavy atom. The Balaban J connectivity index is 1.58. The van der Waals surface area contributed by atoms with E-state index in [-0.39, 0.29) is 11.0 Å². The zero-order valence-corrected chi connectivity index (χ0v) is 17.9. The summed E-state index contributed by atoms with van der Waals surface area (Å²) < 4.78 is 5.72. The molecule has 4 nitrogen and oxygen atoms in total. The van der Waals surface area contributed by atoms with E-state index < -0.39 is 0 Å². The lowest BCUT2D eigenvalue weighted by Crippen LogP contribution is -2.32. The highest BCUT2D eigenvalue weighted by Gasteiger charge is 2.10. The molecule has 29 heavy (non-hydrogen) atoms. The van der Waals surface area contributed by atoms with Crippen LogP contribution in [0.1, 0.15) is 18.2 Å². The molecule has 0 saturated heterocycles. The van der Waals surface area contributed by atoms with Gasteiger partial charge in [-0.2, -0.15) is 0 Å². The Labute approximate surface area is 184 Å². The fourth-order valence-electron chi connectivity index (χ4n) is 2.58. The second kappa shape index (κ2) is 9.74. The lowest BCUT2D eigenvalue weighted by Gasteiger charge is -2.08. The summed E-state index contributed by atoms with van der Waals surface area (Å²) in [5.41, 5.74) is 2.72. The molecule has 0 saturated carbocycles. The van der Waals surface area contributed by atoms with Gasteiger partial charge < -0.3 is 9.73 Å². The summed E-state index contributed by atoms with van der Waals surface area (Å²) in [7, 11) is 0. The maximum absolute atomic E-state index is 12.1. The van der Waals surface area contributed by atoms with Gasteiger partial charge in [0.05, 0.1) is 10.0 Å². The van der Waals surface area contributed by atoms with Crippen molar-refractivity contribution in [1.29, 1.82) is 0 Å². The van der Waals surface area contributed by atoms with E-state index in [1.165, 1.54) is 11.6 Å². The third kappa shape index (κ3) is 5.70. The smallest absolute Gasteiger partial charge is 0.250 e. The van der Waals surface area contributed by atoms with Gasteiger partial charge >= 0.3 is 0 Å². The van der Waals surface area contributed by atoms with Gasteiger partial charge in [0, 0.05) is 17.3 Å². The quantitative estimate of drug-likeness (QED) is 0.355. The van der Waals surface area contributed by atoms with E-state index in [1.807, 2.05) is 30.3 Å². The number of amides is 1.